The fourth-order valence-electron chi connectivity index (χ4n) is 4.39. The fraction of sp³-hybridized carbons (Fsp3) is 0.120. The quantitative estimate of drug-likeness (QED) is 0.372. The predicted octanol–water partition coefficient (Wildman–Crippen LogP) is 3.12. The highest BCUT2D eigenvalue weighted by molar-refractivity contribution is 7.90. The zero-order valence-corrected chi connectivity index (χ0v) is 21.6. The molecule has 2 aromatic heterocycles. The van der Waals surface area contributed by atoms with E-state index in [1.807, 2.05) is 0 Å². The van der Waals surface area contributed by atoms with Gasteiger partial charge in [0.2, 0.25) is 0 Å². The van der Waals surface area contributed by atoms with Crippen molar-refractivity contribution < 1.29 is 35.1 Å². The highest BCUT2D eigenvalue weighted by atomic mass is 32.2. The molecule has 0 bridgehead atoms. The van der Waals surface area contributed by atoms with Crippen molar-refractivity contribution in [2.45, 2.75) is 17.1 Å². The van der Waals surface area contributed by atoms with Crippen LogP contribution in [-0.4, -0.2) is 38.4 Å². The molecular weight excluding hydrogens is 559 g/mol. The number of anilines is 1. The van der Waals surface area contributed by atoms with E-state index in [1.54, 1.807) is 0 Å². The van der Waals surface area contributed by atoms with Gasteiger partial charge in [0.1, 0.15) is 33.7 Å². The lowest BCUT2D eigenvalue weighted by molar-refractivity contribution is 0.466. The van der Waals surface area contributed by atoms with Crippen molar-refractivity contribution in [2.24, 2.45) is 4.40 Å². The summed E-state index contributed by atoms with van der Waals surface area (Å²) in [6.07, 6.45) is 1.50. The van der Waals surface area contributed by atoms with Gasteiger partial charge in [0.25, 0.3) is 15.6 Å². The van der Waals surface area contributed by atoms with Crippen molar-refractivity contribution in [1.29, 1.82) is 0 Å². The number of rotatable bonds is 5. The molecule has 3 heterocycles. The minimum atomic E-state index is -4.50. The van der Waals surface area contributed by atoms with E-state index in [2.05, 4.69) is 9.71 Å². The SMILES string of the molecule is CS(=O)(=O)Cc1ccc2c(c1)S(=O)(=O)N=C(c1c(O)c(Cc3cc(F)cc(F)c3)c3ccc(F)cn3c1=O)N2. The second-order valence-electron chi connectivity index (χ2n) is 9.00. The van der Waals surface area contributed by atoms with Crippen molar-refractivity contribution in [3.05, 3.63) is 105 Å². The van der Waals surface area contributed by atoms with Crippen LogP contribution in [0, 0.1) is 17.5 Å². The summed E-state index contributed by atoms with van der Waals surface area (Å²) in [5.41, 5.74) is -1.46. The number of aromatic nitrogens is 1. The summed E-state index contributed by atoms with van der Waals surface area (Å²) in [4.78, 5) is 13.0. The second-order valence-corrected chi connectivity index (χ2v) is 12.7. The van der Waals surface area contributed by atoms with E-state index in [0.29, 0.717) is 6.07 Å². The maximum absolute atomic E-state index is 14.1. The van der Waals surface area contributed by atoms with Gasteiger partial charge in [-0.25, -0.2) is 21.6 Å². The average Bonchev–Trinajstić information content (AvgIpc) is 2.80. The number of sulfone groups is 1. The van der Waals surface area contributed by atoms with E-state index >= 15 is 0 Å². The third-order valence-electron chi connectivity index (χ3n) is 5.93. The molecule has 0 atom stereocenters. The Morgan fingerprint density at radius 3 is 2.33 bits per heavy atom. The van der Waals surface area contributed by atoms with Crippen molar-refractivity contribution in [1.82, 2.24) is 4.40 Å². The first-order valence-corrected chi connectivity index (χ1v) is 14.7. The van der Waals surface area contributed by atoms with E-state index in [4.69, 9.17) is 0 Å². The van der Waals surface area contributed by atoms with Gasteiger partial charge in [-0.2, -0.15) is 8.42 Å². The van der Waals surface area contributed by atoms with Gasteiger partial charge in [-0.1, -0.05) is 6.07 Å². The van der Waals surface area contributed by atoms with Crippen LogP contribution in [0.3, 0.4) is 0 Å². The predicted molar refractivity (Wildman–Crippen MR) is 137 cm³/mol. The fourth-order valence-corrected chi connectivity index (χ4v) is 6.35. The minimum Gasteiger partial charge on any atom is -0.507 e. The summed E-state index contributed by atoms with van der Waals surface area (Å²) in [7, 11) is -7.97. The molecule has 0 saturated carbocycles. The van der Waals surface area contributed by atoms with Gasteiger partial charge < -0.3 is 10.4 Å². The second kappa shape index (κ2) is 9.24. The van der Waals surface area contributed by atoms with Crippen molar-refractivity contribution in [3.8, 4) is 5.75 Å². The van der Waals surface area contributed by atoms with Gasteiger partial charge in [-0.3, -0.25) is 9.20 Å². The number of amidine groups is 1. The van der Waals surface area contributed by atoms with Gasteiger partial charge in [0.15, 0.2) is 15.7 Å². The van der Waals surface area contributed by atoms with Gasteiger partial charge in [-0.15, -0.1) is 4.40 Å². The molecule has 202 valence electrons. The van der Waals surface area contributed by atoms with Crippen LogP contribution in [0.25, 0.3) is 5.52 Å². The Kier molecular flexibility index (Phi) is 6.26. The number of hydrogen-bond acceptors (Lipinski definition) is 7. The number of nitrogens with one attached hydrogen (secondary N) is 1. The van der Waals surface area contributed by atoms with E-state index in [9.17, 15) is 39.9 Å². The van der Waals surface area contributed by atoms with Crippen LogP contribution in [0.4, 0.5) is 18.9 Å². The first-order chi connectivity index (χ1) is 18.2. The number of fused-ring (bicyclic) bond motifs is 2. The molecule has 0 unspecified atom stereocenters. The molecule has 0 spiro atoms. The molecule has 4 aromatic rings. The van der Waals surface area contributed by atoms with Crippen molar-refractivity contribution in [2.75, 3.05) is 11.6 Å². The number of halogens is 3. The Hall–Kier alpha value is -4.17. The zero-order valence-electron chi connectivity index (χ0n) is 19.9. The third kappa shape index (κ3) is 5.12. The molecule has 0 radical (unpaired) electrons. The summed E-state index contributed by atoms with van der Waals surface area (Å²) < 4.78 is 95.7. The van der Waals surface area contributed by atoms with Crippen LogP contribution in [0.1, 0.15) is 22.3 Å². The zero-order chi connectivity index (χ0) is 28.3. The smallest absolute Gasteiger partial charge is 0.286 e. The Bertz CT molecular complexity index is 1990. The number of sulfonamides is 1. The molecule has 2 N–H and O–H groups in total. The lowest BCUT2D eigenvalue weighted by Gasteiger charge is -2.21. The molecule has 14 heteroatoms. The number of aromatic hydroxyl groups is 1. The van der Waals surface area contributed by atoms with Crippen LogP contribution in [-0.2, 0) is 32.0 Å². The van der Waals surface area contributed by atoms with E-state index in [-0.39, 0.29) is 39.2 Å². The normalized spacial score (nSPS) is 14.5. The van der Waals surface area contributed by atoms with Crippen LogP contribution < -0.4 is 10.9 Å². The maximum atomic E-state index is 14.1. The Labute approximate surface area is 219 Å². The van der Waals surface area contributed by atoms with Crippen LogP contribution >= 0.6 is 0 Å². The van der Waals surface area contributed by atoms with Gasteiger partial charge in [-0.05, 0) is 47.5 Å². The van der Waals surface area contributed by atoms with Gasteiger partial charge >= 0.3 is 0 Å². The highest BCUT2D eigenvalue weighted by Crippen LogP contribution is 2.33. The Morgan fingerprint density at radius 1 is 0.974 bits per heavy atom. The topological polar surface area (TPSA) is 134 Å². The molecule has 9 nitrogen and oxygen atoms in total. The Balaban J connectivity index is 1.71. The van der Waals surface area contributed by atoms with Crippen LogP contribution in [0.15, 0.2) is 68.8 Å². The molecule has 0 saturated heterocycles. The maximum Gasteiger partial charge on any atom is 0.286 e. The first-order valence-electron chi connectivity index (χ1n) is 11.2. The molecule has 2 aromatic carbocycles. The van der Waals surface area contributed by atoms with Crippen molar-refractivity contribution in [3.63, 3.8) is 0 Å². The van der Waals surface area contributed by atoms with E-state index in [0.717, 1.165) is 41.1 Å². The number of benzene rings is 2. The number of hydrogen-bond donors (Lipinski definition) is 2. The molecule has 5 rings (SSSR count). The largest absolute Gasteiger partial charge is 0.507 e. The standard InChI is InChI=1S/C25H18F3N3O6S2/c1-38(34,35)12-13-2-4-19-21(9-13)39(36,37)30-24(29-19)22-23(32)18(8-14-6-16(27)10-17(28)7-14)20-5-3-15(26)11-31(20)25(22)33/h2-7,9-11,32H,8,12H2,1H3,(H,29,30). The van der Waals surface area contributed by atoms with Crippen LogP contribution in [0.2, 0.25) is 0 Å². The van der Waals surface area contributed by atoms with Crippen molar-refractivity contribution >= 4 is 36.9 Å². The number of pyridine rings is 2. The molecular formula is C25H18F3N3O6S2. The average molecular weight is 578 g/mol. The Morgan fingerprint density at radius 2 is 1.67 bits per heavy atom. The number of nitrogens with zero attached hydrogens (tertiary/aromatic N) is 2. The molecule has 1 aliphatic rings. The van der Waals surface area contributed by atoms with E-state index in [1.165, 1.54) is 18.2 Å². The molecule has 0 fully saturated rings. The summed E-state index contributed by atoms with van der Waals surface area (Å²) in [6.45, 7) is 0. The lowest BCUT2D eigenvalue weighted by atomic mass is 10.00. The first kappa shape index (κ1) is 26.4. The summed E-state index contributed by atoms with van der Waals surface area (Å²) in [6, 6.07) is 8.68. The molecule has 1 aliphatic heterocycles. The highest BCUT2D eigenvalue weighted by Gasteiger charge is 2.31. The molecule has 39 heavy (non-hydrogen) atoms. The summed E-state index contributed by atoms with van der Waals surface area (Å²) in [5.74, 6) is -4.32. The van der Waals surface area contributed by atoms with Crippen LogP contribution in [0.5, 0.6) is 5.75 Å². The monoisotopic (exact) mass is 577 g/mol. The summed E-state index contributed by atoms with van der Waals surface area (Å²) in [5, 5.41) is 13.9. The molecule has 0 aliphatic carbocycles. The summed E-state index contributed by atoms with van der Waals surface area (Å²) >= 11 is 0. The third-order valence-corrected chi connectivity index (χ3v) is 8.11. The minimum absolute atomic E-state index is 0.0115. The lowest BCUT2D eigenvalue weighted by Crippen LogP contribution is -2.31. The van der Waals surface area contributed by atoms with E-state index < -0.39 is 65.8 Å². The van der Waals surface area contributed by atoms with Gasteiger partial charge in [0, 0.05) is 30.5 Å². The van der Waals surface area contributed by atoms with Gasteiger partial charge in [0.05, 0.1) is 17.0 Å². The molecule has 0 amide bonds.